The summed E-state index contributed by atoms with van der Waals surface area (Å²) < 4.78 is 5.27. The van der Waals surface area contributed by atoms with Crippen LogP contribution in [0.4, 0.5) is 5.69 Å². The maximum absolute atomic E-state index is 12.6. The summed E-state index contributed by atoms with van der Waals surface area (Å²) in [7, 11) is 0. The van der Waals surface area contributed by atoms with Gasteiger partial charge in [-0.25, -0.2) is 4.79 Å². The Bertz CT molecular complexity index is 1140. The zero-order valence-electron chi connectivity index (χ0n) is 17.5. The highest BCUT2D eigenvalue weighted by atomic mass is 35.5. The average molecular weight is 501 g/mol. The molecule has 1 N–H and O–H groups in total. The Hall–Kier alpha value is -2.81. The van der Waals surface area contributed by atoms with Crippen LogP contribution in [0, 0.1) is 0 Å². The third kappa shape index (κ3) is 5.96. The molecule has 4 rings (SSSR count). The number of carbonyl (C=O) groups is 3. The number of amides is 2. The van der Waals surface area contributed by atoms with Gasteiger partial charge in [0.15, 0.2) is 6.61 Å². The van der Waals surface area contributed by atoms with Crippen molar-refractivity contribution in [1.29, 1.82) is 0 Å². The number of thiophene rings is 1. The second-order valence-corrected chi connectivity index (χ2v) is 9.84. The molecule has 0 bridgehead atoms. The number of anilines is 1. The number of halogens is 1. The lowest BCUT2D eigenvalue weighted by Gasteiger charge is -2.22. The topological polar surface area (TPSA) is 75.7 Å². The highest BCUT2D eigenvalue weighted by Gasteiger charge is 2.36. The molecule has 1 atom stereocenters. The largest absolute Gasteiger partial charge is 0.454 e. The zero-order valence-corrected chi connectivity index (χ0v) is 19.9. The van der Waals surface area contributed by atoms with Crippen LogP contribution in [0.2, 0.25) is 5.02 Å². The zero-order chi connectivity index (χ0) is 23.2. The smallest absolute Gasteiger partial charge is 0.329 e. The van der Waals surface area contributed by atoms with Crippen LogP contribution in [-0.4, -0.2) is 41.9 Å². The highest BCUT2D eigenvalue weighted by molar-refractivity contribution is 7.99. The van der Waals surface area contributed by atoms with Crippen LogP contribution in [0.5, 0.6) is 0 Å². The lowest BCUT2D eigenvalue weighted by molar-refractivity contribution is -0.151. The highest BCUT2D eigenvalue weighted by Crippen LogP contribution is 2.34. The average Bonchev–Trinajstić information content (AvgIpc) is 3.52. The molecule has 1 aliphatic heterocycles. The Labute approximate surface area is 204 Å². The van der Waals surface area contributed by atoms with Gasteiger partial charge in [0, 0.05) is 21.4 Å². The fraction of sp³-hybridized carbons (Fsp3) is 0.208. The van der Waals surface area contributed by atoms with E-state index in [0.717, 1.165) is 16.2 Å². The predicted molar refractivity (Wildman–Crippen MR) is 130 cm³/mol. The van der Waals surface area contributed by atoms with E-state index in [4.69, 9.17) is 16.3 Å². The summed E-state index contributed by atoms with van der Waals surface area (Å²) >= 11 is 8.77. The van der Waals surface area contributed by atoms with Gasteiger partial charge in [-0.15, -0.1) is 11.3 Å². The number of hydrogen-bond donors (Lipinski definition) is 1. The maximum Gasteiger partial charge on any atom is 0.329 e. The van der Waals surface area contributed by atoms with E-state index in [9.17, 15) is 14.4 Å². The molecule has 1 unspecified atom stereocenters. The van der Waals surface area contributed by atoms with Gasteiger partial charge in [-0.2, -0.15) is 0 Å². The number of nitrogens with one attached hydrogen (secondary N) is 1. The lowest BCUT2D eigenvalue weighted by Crippen LogP contribution is -2.41. The van der Waals surface area contributed by atoms with Gasteiger partial charge in [0.25, 0.3) is 11.8 Å². The number of ether oxygens (including phenoxy) is 1. The molecule has 1 aliphatic rings. The maximum atomic E-state index is 12.6. The Morgan fingerprint density at radius 2 is 1.88 bits per heavy atom. The van der Waals surface area contributed by atoms with E-state index in [1.54, 1.807) is 30.3 Å². The number of hydrogen-bond acceptors (Lipinski definition) is 6. The third-order valence-electron chi connectivity index (χ3n) is 5.07. The number of benzene rings is 2. The molecule has 170 valence electrons. The molecule has 3 aromatic rings. The fourth-order valence-electron chi connectivity index (χ4n) is 3.50. The van der Waals surface area contributed by atoms with Crippen molar-refractivity contribution in [3.8, 4) is 0 Å². The van der Waals surface area contributed by atoms with Crippen LogP contribution < -0.4 is 5.32 Å². The van der Waals surface area contributed by atoms with Crippen LogP contribution in [0.3, 0.4) is 0 Å². The Morgan fingerprint density at radius 1 is 1.09 bits per heavy atom. The van der Waals surface area contributed by atoms with Crippen molar-refractivity contribution in [3.63, 3.8) is 0 Å². The molecule has 9 heteroatoms. The van der Waals surface area contributed by atoms with E-state index in [1.165, 1.54) is 28.0 Å². The first kappa shape index (κ1) is 23.4. The van der Waals surface area contributed by atoms with Gasteiger partial charge in [-0.1, -0.05) is 41.6 Å². The Balaban J connectivity index is 1.33. The second kappa shape index (κ2) is 10.9. The minimum Gasteiger partial charge on any atom is -0.454 e. The SMILES string of the molecule is O=C(COC(=O)C1CCCN1C(=O)c1cccs1)Nc1ccccc1Sc1ccc(Cl)cc1. The summed E-state index contributed by atoms with van der Waals surface area (Å²) in [5.41, 5.74) is 0.619. The molecule has 0 radical (unpaired) electrons. The Kier molecular flexibility index (Phi) is 7.69. The number of rotatable bonds is 7. The molecule has 1 fully saturated rings. The first-order valence-corrected chi connectivity index (χ1v) is 12.4. The quantitative estimate of drug-likeness (QED) is 0.443. The van der Waals surface area contributed by atoms with Crippen LogP contribution in [0.1, 0.15) is 22.5 Å². The van der Waals surface area contributed by atoms with Gasteiger partial charge in [-0.3, -0.25) is 9.59 Å². The van der Waals surface area contributed by atoms with E-state index in [0.29, 0.717) is 28.6 Å². The summed E-state index contributed by atoms with van der Waals surface area (Å²) in [6.07, 6.45) is 1.25. The van der Waals surface area contributed by atoms with E-state index < -0.39 is 24.5 Å². The number of carbonyl (C=O) groups excluding carboxylic acids is 3. The predicted octanol–water partition coefficient (Wildman–Crippen LogP) is 5.34. The molecule has 2 aromatic carbocycles. The van der Waals surface area contributed by atoms with E-state index in [2.05, 4.69) is 5.32 Å². The van der Waals surface area contributed by atoms with E-state index in [-0.39, 0.29) is 5.91 Å². The first-order valence-electron chi connectivity index (χ1n) is 10.3. The minimum atomic E-state index is -0.667. The standard InChI is InChI=1S/C24H21ClN2O4S2/c25-16-9-11-17(12-10-16)33-20-7-2-1-5-18(20)26-22(28)15-31-24(30)19-6-3-13-27(19)23(29)21-8-4-14-32-21/h1-2,4-5,7-12,14,19H,3,6,13,15H2,(H,26,28). The number of esters is 1. The third-order valence-corrected chi connectivity index (χ3v) is 7.26. The normalized spacial score (nSPS) is 15.3. The van der Waals surface area contributed by atoms with E-state index in [1.807, 2.05) is 35.7 Å². The van der Waals surface area contributed by atoms with Gasteiger partial charge in [0.1, 0.15) is 6.04 Å². The van der Waals surface area contributed by atoms with E-state index >= 15 is 0 Å². The minimum absolute atomic E-state index is 0.179. The van der Waals surface area contributed by atoms with Gasteiger partial charge in [0.2, 0.25) is 0 Å². The molecule has 0 saturated carbocycles. The van der Waals surface area contributed by atoms with Crippen LogP contribution >= 0.6 is 34.7 Å². The molecule has 6 nitrogen and oxygen atoms in total. The second-order valence-electron chi connectivity index (χ2n) is 7.34. The molecule has 33 heavy (non-hydrogen) atoms. The van der Waals surface area contributed by atoms with Gasteiger partial charge < -0.3 is 15.0 Å². The van der Waals surface area contributed by atoms with Crippen molar-refractivity contribution in [3.05, 3.63) is 75.9 Å². The molecule has 2 amide bonds. The first-order chi connectivity index (χ1) is 16.0. The monoisotopic (exact) mass is 500 g/mol. The van der Waals surface area contributed by atoms with Crippen molar-refractivity contribution in [1.82, 2.24) is 4.90 Å². The summed E-state index contributed by atoms with van der Waals surface area (Å²) in [6, 6.07) is 17.7. The molecule has 0 aliphatic carbocycles. The molecule has 1 saturated heterocycles. The molecular formula is C24H21ClN2O4S2. The fourth-order valence-corrected chi connectivity index (χ4v) is 5.21. The lowest BCUT2D eigenvalue weighted by atomic mass is 10.2. The summed E-state index contributed by atoms with van der Waals surface area (Å²) in [4.78, 5) is 41.7. The number of nitrogens with zero attached hydrogens (tertiary/aromatic N) is 1. The van der Waals surface area contributed by atoms with Crippen molar-refractivity contribution in [2.24, 2.45) is 0 Å². The van der Waals surface area contributed by atoms with Crippen molar-refractivity contribution >= 4 is 58.2 Å². The van der Waals surface area contributed by atoms with Gasteiger partial charge in [0.05, 0.1) is 10.6 Å². The van der Waals surface area contributed by atoms with Crippen molar-refractivity contribution in [2.75, 3.05) is 18.5 Å². The Morgan fingerprint density at radius 3 is 2.64 bits per heavy atom. The van der Waals surface area contributed by atoms with Crippen LogP contribution in [-0.2, 0) is 14.3 Å². The van der Waals surface area contributed by atoms with Gasteiger partial charge >= 0.3 is 5.97 Å². The molecular weight excluding hydrogens is 480 g/mol. The van der Waals surface area contributed by atoms with Crippen molar-refractivity contribution < 1.29 is 19.1 Å². The van der Waals surface area contributed by atoms with Crippen LogP contribution in [0.15, 0.2) is 75.8 Å². The van der Waals surface area contributed by atoms with Crippen molar-refractivity contribution in [2.45, 2.75) is 28.7 Å². The summed E-state index contributed by atoms with van der Waals surface area (Å²) in [6.45, 7) is 0.0777. The summed E-state index contributed by atoms with van der Waals surface area (Å²) in [5.74, 6) is -1.18. The van der Waals surface area contributed by atoms with Gasteiger partial charge in [-0.05, 0) is 60.7 Å². The molecule has 2 heterocycles. The molecule has 1 aromatic heterocycles. The summed E-state index contributed by atoms with van der Waals surface area (Å²) in [5, 5.41) is 5.28. The molecule has 0 spiro atoms. The van der Waals surface area contributed by atoms with Crippen LogP contribution in [0.25, 0.3) is 0 Å². The number of likely N-dealkylation sites (tertiary alicyclic amines) is 1. The number of para-hydroxylation sites is 1.